The number of nitriles is 1. The lowest BCUT2D eigenvalue weighted by Crippen LogP contribution is -2.15. The molecule has 29 heavy (non-hydrogen) atoms. The predicted octanol–water partition coefficient (Wildman–Crippen LogP) is 6.16. The van der Waals surface area contributed by atoms with Gasteiger partial charge in [0.2, 0.25) is 0 Å². The summed E-state index contributed by atoms with van der Waals surface area (Å²) in [6, 6.07) is 12.3. The van der Waals surface area contributed by atoms with E-state index in [1.807, 2.05) is 24.3 Å². The summed E-state index contributed by atoms with van der Waals surface area (Å²) in [6.07, 6.45) is -0.291. The maximum Gasteiger partial charge on any atom is 0.417 e. The van der Waals surface area contributed by atoms with Crippen LogP contribution in [0.5, 0.6) is 0 Å². The molecule has 0 radical (unpaired) electrons. The fourth-order valence-electron chi connectivity index (χ4n) is 2.47. The molecule has 0 unspecified atom stereocenters. The van der Waals surface area contributed by atoms with E-state index in [0.29, 0.717) is 5.69 Å². The fourth-order valence-corrected chi connectivity index (χ4v) is 2.70. The number of hydrogen-bond acceptors (Lipinski definition) is 3. The van der Waals surface area contributed by atoms with E-state index >= 15 is 0 Å². The second kappa shape index (κ2) is 9.99. The smallest absolute Gasteiger partial charge is 0.360 e. The zero-order valence-corrected chi connectivity index (χ0v) is 16.4. The number of halogens is 4. The SMILES string of the molecule is CCCCc1ccc(N/C=C(/C#N)C(=O)Nc2ccc(Cl)c(C(F)(F)F)c2)cc1. The molecular formula is C21H19ClF3N3O. The number of unbranched alkanes of at least 4 members (excludes halogenated alkanes) is 1. The molecule has 0 saturated heterocycles. The number of nitrogens with zero attached hydrogens (tertiary/aromatic N) is 1. The Morgan fingerprint density at radius 1 is 1.17 bits per heavy atom. The third-order valence-corrected chi connectivity index (χ3v) is 4.38. The monoisotopic (exact) mass is 421 g/mol. The van der Waals surface area contributed by atoms with Crippen LogP contribution in [0, 0.1) is 11.3 Å². The maximum absolute atomic E-state index is 12.9. The first-order valence-corrected chi connectivity index (χ1v) is 9.26. The van der Waals surface area contributed by atoms with Crippen LogP contribution in [0.3, 0.4) is 0 Å². The molecule has 0 aliphatic rings. The van der Waals surface area contributed by atoms with Gasteiger partial charge in [0.25, 0.3) is 5.91 Å². The second-order valence-corrected chi connectivity index (χ2v) is 6.67. The number of carbonyl (C=O) groups excluding carboxylic acids is 1. The summed E-state index contributed by atoms with van der Waals surface area (Å²) in [5.74, 6) is -0.838. The Kier molecular flexibility index (Phi) is 7.68. The minimum Gasteiger partial charge on any atom is -0.360 e. The quantitative estimate of drug-likeness (QED) is 0.415. The van der Waals surface area contributed by atoms with Crippen LogP contribution in [0.2, 0.25) is 5.02 Å². The number of aryl methyl sites for hydroxylation is 1. The molecule has 0 aromatic heterocycles. The van der Waals surface area contributed by atoms with Crippen LogP contribution in [0.1, 0.15) is 30.9 Å². The topological polar surface area (TPSA) is 64.9 Å². The zero-order valence-electron chi connectivity index (χ0n) is 15.6. The van der Waals surface area contributed by atoms with Gasteiger partial charge in [-0.2, -0.15) is 18.4 Å². The number of anilines is 2. The molecule has 2 aromatic rings. The van der Waals surface area contributed by atoms with Crippen molar-refractivity contribution in [3.05, 3.63) is 70.4 Å². The third kappa shape index (κ3) is 6.54. The largest absolute Gasteiger partial charge is 0.417 e. The van der Waals surface area contributed by atoms with Gasteiger partial charge in [-0.05, 0) is 48.7 Å². The molecule has 0 bridgehead atoms. The molecule has 0 aliphatic carbocycles. The average Bonchev–Trinajstić information content (AvgIpc) is 2.68. The fraction of sp³-hybridized carbons (Fsp3) is 0.238. The molecule has 8 heteroatoms. The molecule has 2 rings (SSSR count). The van der Waals surface area contributed by atoms with E-state index in [0.717, 1.165) is 31.4 Å². The first-order valence-electron chi connectivity index (χ1n) is 8.88. The Labute approximate surface area is 172 Å². The molecule has 0 heterocycles. The van der Waals surface area contributed by atoms with Crippen LogP contribution in [0.15, 0.2) is 54.2 Å². The van der Waals surface area contributed by atoms with Gasteiger partial charge in [-0.1, -0.05) is 37.1 Å². The molecule has 0 aliphatic heterocycles. The van der Waals surface area contributed by atoms with Crippen LogP contribution in [0.25, 0.3) is 0 Å². The number of carbonyl (C=O) groups is 1. The summed E-state index contributed by atoms with van der Waals surface area (Å²) in [7, 11) is 0. The number of hydrogen-bond donors (Lipinski definition) is 2. The van der Waals surface area contributed by atoms with Crippen molar-refractivity contribution in [3.8, 4) is 6.07 Å². The predicted molar refractivity (Wildman–Crippen MR) is 107 cm³/mol. The molecule has 2 aromatic carbocycles. The Morgan fingerprint density at radius 2 is 1.83 bits per heavy atom. The lowest BCUT2D eigenvalue weighted by Gasteiger charge is -2.11. The van der Waals surface area contributed by atoms with Gasteiger partial charge in [0, 0.05) is 17.6 Å². The first-order chi connectivity index (χ1) is 13.7. The van der Waals surface area contributed by atoms with Gasteiger partial charge in [0.05, 0.1) is 10.6 Å². The molecule has 152 valence electrons. The van der Waals surface area contributed by atoms with Crippen molar-refractivity contribution in [2.45, 2.75) is 32.4 Å². The van der Waals surface area contributed by atoms with Gasteiger partial charge in [0.15, 0.2) is 0 Å². The van der Waals surface area contributed by atoms with Gasteiger partial charge in [-0.15, -0.1) is 0 Å². The van der Waals surface area contributed by atoms with E-state index in [9.17, 15) is 23.2 Å². The van der Waals surface area contributed by atoms with E-state index < -0.39 is 22.7 Å². The molecule has 4 nitrogen and oxygen atoms in total. The van der Waals surface area contributed by atoms with E-state index in [1.54, 1.807) is 6.07 Å². The lowest BCUT2D eigenvalue weighted by atomic mass is 10.1. The average molecular weight is 422 g/mol. The van der Waals surface area contributed by atoms with E-state index in [-0.39, 0.29) is 11.3 Å². The van der Waals surface area contributed by atoms with Crippen molar-refractivity contribution >= 4 is 28.9 Å². The van der Waals surface area contributed by atoms with Gasteiger partial charge in [0.1, 0.15) is 11.6 Å². The lowest BCUT2D eigenvalue weighted by molar-refractivity contribution is -0.137. The minimum absolute atomic E-state index is 0.117. The Bertz CT molecular complexity index is 932. The van der Waals surface area contributed by atoms with Crippen LogP contribution in [0.4, 0.5) is 24.5 Å². The van der Waals surface area contributed by atoms with Crippen molar-refractivity contribution in [3.63, 3.8) is 0 Å². The van der Waals surface area contributed by atoms with E-state index in [2.05, 4.69) is 17.6 Å². The highest BCUT2D eigenvalue weighted by Crippen LogP contribution is 2.36. The molecule has 0 fully saturated rings. The van der Waals surface area contributed by atoms with Gasteiger partial charge in [-0.25, -0.2) is 0 Å². The Hall–Kier alpha value is -2.98. The summed E-state index contributed by atoms with van der Waals surface area (Å²) in [5, 5.41) is 13.8. The Morgan fingerprint density at radius 3 is 2.41 bits per heavy atom. The normalized spacial score (nSPS) is 11.7. The summed E-state index contributed by atoms with van der Waals surface area (Å²) in [6.45, 7) is 2.11. The summed E-state index contributed by atoms with van der Waals surface area (Å²) < 4.78 is 38.8. The minimum atomic E-state index is -4.66. The zero-order chi connectivity index (χ0) is 21.4. The highest BCUT2D eigenvalue weighted by molar-refractivity contribution is 6.31. The molecule has 2 N–H and O–H groups in total. The highest BCUT2D eigenvalue weighted by Gasteiger charge is 2.33. The third-order valence-electron chi connectivity index (χ3n) is 4.05. The van der Waals surface area contributed by atoms with Crippen LogP contribution in [-0.4, -0.2) is 5.91 Å². The summed E-state index contributed by atoms with van der Waals surface area (Å²) >= 11 is 5.56. The van der Waals surface area contributed by atoms with Crippen molar-refractivity contribution in [1.29, 1.82) is 5.26 Å². The first kappa shape index (κ1) is 22.3. The van der Waals surface area contributed by atoms with Crippen molar-refractivity contribution in [2.75, 3.05) is 10.6 Å². The summed E-state index contributed by atoms with van der Waals surface area (Å²) in [4.78, 5) is 12.2. The maximum atomic E-state index is 12.9. The Balaban J connectivity index is 2.08. The van der Waals surface area contributed by atoms with Gasteiger partial charge < -0.3 is 10.6 Å². The highest BCUT2D eigenvalue weighted by atomic mass is 35.5. The number of nitrogens with one attached hydrogen (secondary N) is 2. The standard InChI is InChI=1S/C21H19ClF3N3O/c1-2-3-4-14-5-7-16(8-6-14)27-13-15(12-26)20(29)28-17-9-10-19(22)18(11-17)21(23,24)25/h5-11,13,27H,2-4H2,1H3,(H,28,29)/b15-13-. The molecule has 0 saturated carbocycles. The number of benzene rings is 2. The van der Waals surface area contributed by atoms with E-state index in [4.69, 9.17) is 11.6 Å². The molecule has 1 amide bonds. The van der Waals surface area contributed by atoms with E-state index in [1.165, 1.54) is 17.8 Å². The van der Waals surface area contributed by atoms with Crippen LogP contribution >= 0.6 is 11.6 Å². The molecular weight excluding hydrogens is 403 g/mol. The van der Waals surface area contributed by atoms with Crippen LogP contribution < -0.4 is 10.6 Å². The van der Waals surface area contributed by atoms with Crippen molar-refractivity contribution in [2.24, 2.45) is 0 Å². The van der Waals surface area contributed by atoms with Gasteiger partial charge >= 0.3 is 6.18 Å². The van der Waals surface area contributed by atoms with Crippen molar-refractivity contribution < 1.29 is 18.0 Å². The molecule has 0 atom stereocenters. The number of rotatable bonds is 7. The number of alkyl halides is 3. The van der Waals surface area contributed by atoms with Gasteiger partial charge in [-0.3, -0.25) is 4.79 Å². The number of amides is 1. The van der Waals surface area contributed by atoms with Crippen LogP contribution in [-0.2, 0) is 17.4 Å². The second-order valence-electron chi connectivity index (χ2n) is 6.26. The summed E-state index contributed by atoms with van der Waals surface area (Å²) in [5.41, 5.74) is 0.386. The van der Waals surface area contributed by atoms with Crippen molar-refractivity contribution in [1.82, 2.24) is 0 Å². The molecule has 0 spiro atoms.